The van der Waals surface area contributed by atoms with E-state index in [-0.39, 0.29) is 18.0 Å². The third-order valence-corrected chi connectivity index (χ3v) is 2.73. The quantitative estimate of drug-likeness (QED) is 0.870. The normalized spacial score (nSPS) is 13.0. The molecule has 0 radical (unpaired) electrons. The van der Waals surface area contributed by atoms with Crippen molar-refractivity contribution in [3.63, 3.8) is 0 Å². The first-order valence-electron chi connectivity index (χ1n) is 6.09. The molecule has 0 spiro atoms. The van der Waals surface area contributed by atoms with Gasteiger partial charge in [-0.3, -0.25) is 4.79 Å². The van der Waals surface area contributed by atoms with Crippen LogP contribution in [0.4, 0.5) is 8.78 Å². The van der Waals surface area contributed by atoms with E-state index in [2.05, 4.69) is 14.7 Å². The Morgan fingerprint density at radius 2 is 2.10 bits per heavy atom. The van der Waals surface area contributed by atoms with E-state index in [4.69, 9.17) is 0 Å². The number of carbonyl (C=O) groups excluding carboxylic acids is 1. The topological polar surface area (TPSA) is 88.2 Å². The molecule has 0 saturated heterocycles. The van der Waals surface area contributed by atoms with Crippen molar-refractivity contribution in [1.29, 1.82) is 0 Å². The van der Waals surface area contributed by atoms with Crippen LogP contribution in [0.15, 0.2) is 34.9 Å². The van der Waals surface area contributed by atoms with E-state index in [1.165, 1.54) is 24.3 Å². The molecule has 0 bridgehead atoms. The van der Waals surface area contributed by atoms with Crippen molar-refractivity contribution in [2.24, 2.45) is 0 Å². The van der Waals surface area contributed by atoms with E-state index in [9.17, 15) is 18.7 Å². The summed E-state index contributed by atoms with van der Waals surface area (Å²) in [6.45, 7) is 1.22. The van der Waals surface area contributed by atoms with E-state index in [0.29, 0.717) is 5.82 Å². The van der Waals surface area contributed by atoms with Gasteiger partial charge < -0.3 is 14.9 Å². The summed E-state index contributed by atoms with van der Waals surface area (Å²) in [5, 5.41) is 15.1. The number of nitrogens with one attached hydrogen (secondary N) is 1. The van der Waals surface area contributed by atoms with Crippen molar-refractivity contribution in [2.45, 2.75) is 25.5 Å². The first kappa shape index (κ1) is 15.0. The Morgan fingerprint density at radius 1 is 1.43 bits per heavy atom. The number of aliphatic hydroxyl groups excluding tert-OH is 1. The SMILES string of the molecule is Cc1noc(CNC(=O)C(F)(F)C(O)c2ccccc2)n1. The minimum absolute atomic E-state index is 0.00542. The summed E-state index contributed by atoms with van der Waals surface area (Å²) < 4.78 is 32.4. The van der Waals surface area contributed by atoms with Crippen molar-refractivity contribution in [3.05, 3.63) is 47.6 Å². The van der Waals surface area contributed by atoms with Crippen molar-refractivity contribution in [2.75, 3.05) is 0 Å². The Hall–Kier alpha value is -2.35. The van der Waals surface area contributed by atoms with Crippen LogP contribution in [-0.2, 0) is 11.3 Å². The maximum Gasteiger partial charge on any atom is 0.353 e. The van der Waals surface area contributed by atoms with E-state index >= 15 is 0 Å². The molecule has 1 unspecified atom stereocenters. The van der Waals surface area contributed by atoms with Crippen LogP contribution in [-0.4, -0.2) is 27.1 Å². The summed E-state index contributed by atoms with van der Waals surface area (Å²) in [5.74, 6) is -5.26. The predicted octanol–water partition coefficient (Wildman–Crippen LogP) is 1.36. The maximum absolute atomic E-state index is 13.9. The second kappa shape index (κ2) is 5.96. The van der Waals surface area contributed by atoms with Crippen LogP contribution >= 0.6 is 0 Å². The van der Waals surface area contributed by atoms with E-state index in [1.807, 2.05) is 5.32 Å². The van der Waals surface area contributed by atoms with Gasteiger partial charge in [0.2, 0.25) is 5.89 Å². The van der Waals surface area contributed by atoms with Crippen molar-refractivity contribution >= 4 is 5.91 Å². The number of nitrogens with zero attached hydrogens (tertiary/aromatic N) is 2. The molecule has 0 fully saturated rings. The Balaban J connectivity index is 2.02. The molecule has 0 aliphatic rings. The molecule has 8 heteroatoms. The average molecular weight is 297 g/mol. The summed E-state index contributed by atoms with van der Waals surface area (Å²) >= 11 is 0. The third-order valence-electron chi connectivity index (χ3n) is 2.73. The van der Waals surface area contributed by atoms with Gasteiger partial charge in [0.1, 0.15) is 0 Å². The highest BCUT2D eigenvalue weighted by Gasteiger charge is 2.47. The van der Waals surface area contributed by atoms with Gasteiger partial charge in [-0.2, -0.15) is 13.8 Å². The molecule has 0 aliphatic carbocycles. The van der Waals surface area contributed by atoms with Crippen LogP contribution in [0.5, 0.6) is 0 Å². The molecule has 112 valence electrons. The number of carbonyl (C=O) groups is 1. The zero-order valence-electron chi connectivity index (χ0n) is 11.1. The average Bonchev–Trinajstić information content (AvgIpc) is 2.90. The first-order valence-corrected chi connectivity index (χ1v) is 6.09. The fourth-order valence-corrected chi connectivity index (χ4v) is 1.65. The third kappa shape index (κ3) is 3.40. The largest absolute Gasteiger partial charge is 0.381 e. The zero-order valence-corrected chi connectivity index (χ0v) is 11.1. The number of aryl methyl sites for hydroxylation is 1. The van der Waals surface area contributed by atoms with Crippen LogP contribution in [0.1, 0.15) is 23.4 Å². The van der Waals surface area contributed by atoms with E-state index < -0.39 is 17.9 Å². The van der Waals surface area contributed by atoms with Crippen LogP contribution in [0.3, 0.4) is 0 Å². The summed E-state index contributed by atoms with van der Waals surface area (Å²) in [5.41, 5.74) is -0.0497. The smallest absolute Gasteiger partial charge is 0.353 e. The molecule has 21 heavy (non-hydrogen) atoms. The molecule has 0 saturated carbocycles. The lowest BCUT2D eigenvalue weighted by atomic mass is 10.0. The number of hydrogen-bond donors (Lipinski definition) is 2. The van der Waals surface area contributed by atoms with Gasteiger partial charge in [0, 0.05) is 0 Å². The minimum Gasteiger partial charge on any atom is -0.381 e. The van der Waals surface area contributed by atoms with E-state index in [1.54, 1.807) is 13.0 Å². The van der Waals surface area contributed by atoms with Gasteiger partial charge in [-0.05, 0) is 12.5 Å². The monoisotopic (exact) mass is 297 g/mol. The summed E-state index contributed by atoms with van der Waals surface area (Å²) in [4.78, 5) is 15.3. The van der Waals surface area contributed by atoms with Crippen molar-refractivity contribution < 1.29 is 23.2 Å². The molecule has 1 atom stereocenters. The van der Waals surface area contributed by atoms with Gasteiger partial charge in [-0.25, -0.2) is 0 Å². The van der Waals surface area contributed by atoms with Gasteiger partial charge in [0.05, 0.1) is 6.54 Å². The number of amides is 1. The number of hydrogen-bond acceptors (Lipinski definition) is 5. The molecule has 6 nitrogen and oxygen atoms in total. The van der Waals surface area contributed by atoms with Crippen molar-refractivity contribution in [3.8, 4) is 0 Å². The molecule has 1 heterocycles. The molecule has 1 aromatic carbocycles. The molecule has 1 aromatic heterocycles. The van der Waals surface area contributed by atoms with E-state index in [0.717, 1.165) is 0 Å². The number of aromatic nitrogens is 2. The highest BCUT2D eigenvalue weighted by atomic mass is 19.3. The number of alkyl halides is 2. The highest BCUT2D eigenvalue weighted by molar-refractivity contribution is 5.84. The molecule has 2 aromatic rings. The van der Waals surface area contributed by atoms with Gasteiger partial charge in [0.25, 0.3) is 5.91 Å². The lowest BCUT2D eigenvalue weighted by Crippen LogP contribution is -2.44. The highest BCUT2D eigenvalue weighted by Crippen LogP contribution is 2.31. The molecular formula is C13H13F2N3O3. The fourth-order valence-electron chi connectivity index (χ4n) is 1.65. The maximum atomic E-state index is 13.9. The molecule has 0 aliphatic heterocycles. The molecule has 1 amide bonds. The van der Waals surface area contributed by atoms with Gasteiger partial charge in [-0.15, -0.1) is 0 Å². The Labute approximate surface area is 118 Å². The number of rotatable bonds is 5. The predicted molar refractivity (Wildman–Crippen MR) is 67.2 cm³/mol. The van der Waals surface area contributed by atoms with Crippen LogP contribution in [0, 0.1) is 6.92 Å². The molecule has 2 rings (SSSR count). The van der Waals surface area contributed by atoms with Crippen LogP contribution in [0.2, 0.25) is 0 Å². The lowest BCUT2D eigenvalue weighted by molar-refractivity contribution is -0.164. The standard InChI is InChI=1S/C13H13F2N3O3/c1-8-17-10(21-18-8)7-16-12(20)13(14,15)11(19)9-5-3-2-4-6-9/h2-6,11,19H,7H2,1H3,(H,16,20). The second-order valence-electron chi connectivity index (χ2n) is 4.35. The number of halogens is 2. The van der Waals surface area contributed by atoms with Crippen LogP contribution in [0.25, 0.3) is 0 Å². The van der Waals surface area contributed by atoms with Crippen molar-refractivity contribution in [1.82, 2.24) is 15.5 Å². The Bertz CT molecular complexity index is 616. The Kier molecular flexibility index (Phi) is 4.27. The van der Waals surface area contributed by atoms with Crippen LogP contribution < -0.4 is 5.32 Å². The zero-order chi connectivity index (χ0) is 15.5. The first-order chi connectivity index (χ1) is 9.91. The summed E-state index contributed by atoms with van der Waals surface area (Å²) in [6, 6.07) is 7.23. The molecule has 2 N–H and O–H groups in total. The van der Waals surface area contributed by atoms with Gasteiger partial charge in [0.15, 0.2) is 11.9 Å². The second-order valence-corrected chi connectivity index (χ2v) is 4.35. The number of aliphatic hydroxyl groups is 1. The lowest BCUT2D eigenvalue weighted by Gasteiger charge is -2.21. The number of benzene rings is 1. The molecular weight excluding hydrogens is 284 g/mol. The summed E-state index contributed by atoms with van der Waals surface area (Å²) in [6.07, 6.45) is -2.23. The minimum atomic E-state index is -3.98. The summed E-state index contributed by atoms with van der Waals surface area (Å²) in [7, 11) is 0. The van der Waals surface area contributed by atoms with Gasteiger partial charge >= 0.3 is 5.92 Å². The Morgan fingerprint density at radius 3 is 2.67 bits per heavy atom. The van der Waals surface area contributed by atoms with Gasteiger partial charge in [-0.1, -0.05) is 35.5 Å². The fraction of sp³-hybridized carbons (Fsp3) is 0.308.